The number of fused-ring (bicyclic) bond motifs is 1. The molecular weight excluding hydrogens is 634 g/mol. The number of nitrogens with zero attached hydrogens (tertiary/aromatic N) is 2. The third-order valence-corrected chi connectivity index (χ3v) is 8.27. The Bertz CT molecular complexity index is 1970. The van der Waals surface area contributed by atoms with E-state index in [4.69, 9.17) is 26.7 Å². The van der Waals surface area contributed by atoms with E-state index in [1.165, 1.54) is 29.0 Å². The number of aromatic nitrogens is 2. The van der Waals surface area contributed by atoms with Gasteiger partial charge in [0.05, 0.1) is 57.4 Å². The normalized spacial score (nSPS) is 12.5. The predicted octanol–water partition coefficient (Wildman–Crippen LogP) is 5.75. The van der Waals surface area contributed by atoms with Crippen molar-refractivity contribution in [1.82, 2.24) is 19.6 Å². The molecule has 0 saturated carbocycles. The largest absolute Gasteiger partial charge is 0.593 e. The third kappa shape index (κ3) is 6.70. The summed E-state index contributed by atoms with van der Waals surface area (Å²) in [6.07, 6.45) is 1.47. The lowest BCUT2D eigenvalue weighted by atomic mass is 10.0. The van der Waals surface area contributed by atoms with Crippen LogP contribution in [0.2, 0.25) is 5.02 Å². The van der Waals surface area contributed by atoms with E-state index in [1.54, 1.807) is 33.3 Å². The molecule has 0 bridgehead atoms. The van der Waals surface area contributed by atoms with Crippen LogP contribution in [0.5, 0.6) is 5.75 Å². The van der Waals surface area contributed by atoms with Gasteiger partial charge in [-0.1, -0.05) is 29.8 Å². The standard InChI is InChI=1S/C33H31ClF2N6O3S/c1-38-27(15-18-13-21(35)17-22(36)14-18)32-40-26-16-20(19-5-8-23(45-3)9-6-19)7-10-24(26)33(43)42(32)28-12-11-25(34)29(30(28)39-2)31(37)41-46(4)44/h5-14,16-17,27,38-39H,15H2,1-4H3,(H2,37,41). The lowest BCUT2D eigenvalue weighted by molar-refractivity contribution is 0.415. The fraction of sp³-hybridized carbons (Fsp3) is 0.182. The Labute approximate surface area is 272 Å². The first-order valence-electron chi connectivity index (χ1n) is 14.1. The topological polar surface area (TPSA) is 127 Å². The summed E-state index contributed by atoms with van der Waals surface area (Å²) in [5.41, 5.74) is 2.85. The van der Waals surface area contributed by atoms with E-state index < -0.39 is 34.6 Å². The molecule has 4 aromatic carbocycles. The Balaban J connectivity index is 1.78. The molecule has 0 radical (unpaired) electrons. The van der Waals surface area contributed by atoms with Crippen LogP contribution in [0.1, 0.15) is 23.0 Å². The smallest absolute Gasteiger partial charge is 0.266 e. The number of amidine groups is 1. The van der Waals surface area contributed by atoms with Crippen molar-refractivity contribution in [3.63, 3.8) is 0 Å². The van der Waals surface area contributed by atoms with Gasteiger partial charge in [-0.25, -0.2) is 13.8 Å². The van der Waals surface area contributed by atoms with Crippen LogP contribution in [0.25, 0.3) is 27.7 Å². The lowest BCUT2D eigenvalue weighted by Gasteiger charge is -2.24. The average molecular weight is 665 g/mol. The maximum absolute atomic E-state index is 14.5. The quantitative estimate of drug-likeness (QED) is 0.0851. The molecule has 5 rings (SSSR count). The number of hydrogen-bond acceptors (Lipinski definition) is 7. The number of benzene rings is 4. The Kier molecular flexibility index (Phi) is 9.92. The summed E-state index contributed by atoms with van der Waals surface area (Å²) < 4.78 is 49.5. The first-order valence-corrected chi connectivity index (χ1v) is 16.0. The van der Waals surface area contributed by atoms with Crippen molar-refractivity contribution in [1.29, 1.82) is 5.41 Å². The highest BCUT2D eigenvalue weighted by Gasteiger charge is 2.26. The maximum Gasteiger partial charge on any atom is 0.266 e. The molecule has 4 N–H and O–H groups in total. The van der Waals surface area contributed by atoms with Crippen LogP contribution in [-0.2, 0) is 17.8 Å². The first kappa shape index (κ1) is 32.9. The van der Waals surface area contributed by atoms with E-state index in [0.717, 1.165) is 17.2 Å². The van der Waals surface area contributed by atoms with Crippen LogP contribution >= 0.6 is 11.6 Å². The molecule has 0 aliphatic rings. The molecule has 0 amide bonds. The van der Waals surface area contributed by atoms with Gasteiger partial charge in [-0.05, 0) is 78.7 Å². The van der Waals surface area contributed by atoms with Gasteiger partial charge in [-0.3, -0.25) is 14.8 Å². The van der Waals surface area contributed by atoms with Gasteiger partial charge in [0.15, 0.2) is 5.84 Å². The third-order valence-electron chi connectivity index (χ3n) is 7.46. The molecule has 2 atom stereocenters. The predicted molar refractivity (Wildman–Crippen MR) is 180 cm³/mol. The number of likely N-dealkylation sites (N-methyl/N-ethyl adjacent to an activating group) is 1. The van der Waals surface area contributed by atoms with E-state index >= 15 is 0 Å². The van der Waals surface area contributed by atoms with Crippen LogP contribution in [-0.4, -0.2) is 47.4 Å². The Morgan fingerprint density at radius 1 is 1.04 bits per heavy atom. The molecule has 2 unspecified atom stereocenters. The molecule has 0 saturated heterocycles. The van der Waals surface area contributed by atoms with Crippen LogP contribution in [0.4, 0.5) is 14.5 Å². The molecule has 0 aliphatic carbocycles. The van der Waals surface area contributed by atoms with Crippen molar-refractivity contribution < 1.29 is 18.1 Å². The van der Waals surface area contributed by atoms with Crippen LogP contribution in [0, 0.1) is 17.0 Å². The molecule has 13 heteroatoms. The number of ether oxygens (including phenoxy) is 1. The molecule has 5 aromatic rings. The number of halogens is 3. The molecule has 46 heavy (non-hydrogen) atoms. The van der Waals surface area contributed by atoms with Crippen molar-refractivity contribution >= 4 is 45.4 Å². The second-order valence-electron chi connectivity index (χ2n) is 10.4. The second-order valence-corrected chi connectivity index (χ2v) is 11.9. The fourth-order valence-electron chi connectivity index (χ4n) is 5.36. The number of nitrogens with one attached hydrogen (secondary N) is 4. The van der Waals surface area contributed by atoms with Gasteiger partial charge >= 0.3 is 0 Å². The van der Waals surface area contributed by atoms with Crippen LogP contribution in [0.3, 0.4) is 0 Å². The molecular formula is C33H31ClF2N6O3S. The van der Waals surface area contributed by atoms with Crippen LogP contribution in [0.15, 0.2) is 77.6 Å². The van der Waals surface area contributed by atoms with Gasteiger partial charge in [0, 0.05) is 13.1 Å². The van der Waals surface area contributed by atoms with Crippen molar-refractivity contribution in [2.75, 3.05) is 32.8 Å². The first-order chi connectivity index (χ1) is 22.0. The number of methoxy groups -OCH3 is 1. The van der Waals surface area contributed by atoms with Crippen molar-refractivity contribution in [2.24, 2.45) is 0 Å². The summed E-state index contributed by atoms with van der Waals surface area (Å²) in [5.74, 6) is -0.714. The Morgan fingerprint density at radius 2 is 1.72 bits per heavy atom. The summed E-state index contributed by atoms with van der Waals surface area (Å²) in [6, 6.07) is 18.5. The summed E-state index contributed by atoms with van der Waals surface area (Å²) >= 11 is 4.96. The highest BCUT2D eigenvalue weighted by molar-refractivity contribution is 7.89. The molecule has 1 aromatic heterocycles. The van der Waals surface area contributed by atoms with Crippen molar-refractivity contribution in [2.45, 2.75) is 12.5 Å². The molecule has 1 heterocycles. The SMILES string of the molecule is CNc1c(-n2c(C(Cc3cc(F)cc(F)c3)NC)nc3cc(-c4ccc(OC)cc4)ccc3c2=O)ccc(Cl)c1C(=N)N[S+](C)[O-]. The Hall–Kier alpha value is -4.49. The van der Waals surface area contributed by atoms with Crippen molar-refractivity contribution in [3.8, 4) is 22.6 Å². The molecule has 9 nitrogen and oxygen atoms in total. The van der Waals surface area contributed by atoms with E-state index in [1.807, 2.05) is 36.4 Å². The fourth-order valence-corrected chi connectivity index (χ4v) is 6.01. The number of anilines is 1. The van der Waals surface area contributed by atoms with Gasteiger partial charge in [-0.15, -0.1) is 0 Å². The van der Waals surface area contributed by atoms with Gasteiger partial charge in [0.2, 0.25) is 0 Å². The van der Waals surface area contributed by atoms with Gasteiger partial charge in [-0.2, -0.15) is 4.72 Å². The van der Waals surface area contributed by atoms with Gasteiger partial charge in [0.25, 0.3) is 5.56 Å². The second kappa shape index (κ2) is 13.9. The minimum absolute atomic E-state index is 0.0861. The average Bonchev–Trinajstić information content (AvgIpc) is 3.02. The van der Waals surface area contributed by atoms with Crippen molar-refractivity contribution in [3.05, 3.63) is 117 Å². The van der Waals surface area contributed by atoms with E-state index in [9.17, 15) is 18.1 Å². The minimum Gasteiger partial charge on any atom is -0.593 e. The number of hydrogen-bond donors (Lipinski definition) is 4. The molecule has 0 fully saturated rings. The zero-order chi connectivity index (χ0) is 33.1. The molecule has 0 spiro atoms. The summed E-state index contributed by atoms with van der Waals surface area (Å²) in [6.45, 7) is 0. The van der Waals surface area contributed by atoms with E-state index in [-0.39, 0.29) is 28.7 Å². The summed E-state index contributed by atoms with van der Waals surface area (Å²) in [4.78, 5) is 19.4. The molecule has 238 valence electrons. The van der Waals surface area contributed by atoms with Gasteiger partial charge < -0.3 is 19.9 Å². The van der Waals surface area contributed by atoms with E-state index in [2.05, 4.69) is 15.4 Å². The van der Waals surface area contributed by atoms with E-state index in [0.29, 0.717) is 33.6 Å². The summed E-state index contributed by atoms with van der Waals surface area (Å²) in [5, 5.41) is 15.3. The highest BCUT2D eigenvalue weighted by Crippen LogP contribution is 2.33. The Morgan fingerprint density at radius 3 is 2.33 bits per heavy atom. The lowest BCUT2D eigenvalue weighted by Crippen LogP contribution is -2.33. The highest BCUT2D eigenvalue weighted by atomic mass is 35.5. The zero-order valence-corrected chi connectivity index (χ0v) is 26.9. The molecule has 0 aliphatic heterocycles. The maximum atomic E-state index is 14.5. The zero-order valence-electron chi connectivity index (χ0n) is 25.4. The van der Waals surface area contributed by atoms with Gasteiger partial charge in [0.1, 0.15) is 29.5 Å². The monoisotopic (exact) mass is 664 g/mol. The summed E-state index contributed by atoms with van der Waals surface area (Å²) in [7, 11) is 4.86. The number of rotatable bonds is 10. The van der Waals surface area contributed by atoms with Crippen LogP contribution < -0.4 is 25.7 Å². The minimum atomic E-state index is -1.57.